The minimum atomic E-state index is -1.93. The van der Waals surface area contributed by atoms with Gasteiger partial charge in [0.15, 0.2) is 0 Å². The van der Waals surface area contributed by atoms with Crippen LogP contribution in [0.4, 0.5) is 0 Å². The van der Waals surface area contributed by atoms with Gasteiger partial charge in [0, 0.05) is 6.42 Å². The Kier molecular flexibility index (Phi) is 8.99. The van der Waals surface area contributed by atoms with Crippen molar-refractivity contribution in [3.63, 3.8) is 0 Å². The van der Waals surface area contributed by atoms with Crippen LogP contribution in [0, 0.1) is 0 Å². The maximum atomic E-state index is 11.1. The van der Waals surface area contributed by atoms with E-state index < -0.39 is 32.0 Å². The maximum absolute atomic E-state index is 11.1. The van der Waals surface area contributed by atoms with Crippen LogP contribution in [0.5, 0.6) is 0 Å². The van der Waals surface area contributed by atoms with Gasteiger partial charge in [-0.2, -0.15) is 0 Å². The molecule has 9 heteroatoms. The van der Waals surface area contributed by atoms with Crippen molar-refractivity contribution >= 4 is 14.2 Å². The maximum Gasteiger partial charge on any atom is 0.366 e. The molecule has 4 N–H and O–H groups in total. The lowest BCUT2D eigenvalue weighted by Gasteiger charge is -2.26. The van der Waals surface area contributed by atoms with Gasteiger partial charge in [-0.15, -0.1) is 0 Å². The molecule has 0 saturated carbocycles. The van der Waals surface area contributed by atoms with Crippen LogP contribution in [0.2, 0.25) is 0 Å². The van der Waals surface area contributed by atoms with Crippen molar-refractivity contribution in [3.05, 3.63) is 35.9 Å². The van der Waals surface area contributed by atoms with E-state index in [1.807, 2.05) is 18.2 Å². The average Bonchev–Trinajstić information content (AvgIpc) is 2.58. The summed E-state index contributed by atoms with van der Waals surface area (Å²) >= 11 is 0. The summed E-state index contributed by atoms with van der Waals surface area (Å²) in [5.74, 6) is -1.28. The Bertz CT molecular complexity index is 516. The predicted molar refractivity (Wildman–Crippen MR) is 86.2 cm³/mol. The Morgan fingerprint density at radius 1 is 1.17 bits per heavy atom. The summed E-state index contributed by atoms with van der Waals surface area (Å²) in [4.78, 5) is 16.2. The van der Waals surface area contributed by atoms with Gasteiger partial charge in [0.05, 0.1) is 12.6 Å². The van der Waals surface area contributed by atoms with Crippen LogP contribution >= 0.6 is 7.80 Å². The number of rotatable bonds is 11. The molecule has 0 aliphatic carbocycles. The molecule has 0 radical (unpaired) electrons. The Hall–Kier alpha value is -1.41. The lowest BCUT2D eigenvalue weighted by atomic mass is 10.1. The number of aliphatic hydroxyl groups is 4. The summed E-state index contributed by atoms with van der Waals surface area (Å²) in [6.45, 7) is 1.02. The van der Waals surface area contributed by atoms with E-state index in [0.717, 1.165) is 10.6 Å². The number of aliphatic hydroxyl groups excluding tert-OH is 4. The first kappa shape index (κ1) is 20.6. The van der Waals surface area contributed by atoms with Gasteiger partial charge in [-0.25, -0.2) is 5.06 Å². The van der Waals surface area contributed by atoms with E-state index in [0.29, 0.717) is 6.41 Å². The van der Waals surface area contributed by atoms with E-state index in [-0.39, 0.29) is 19.6 Å². The summed E-state index contributed by atoms with van der Waals surface area (Å²) in [5.41, 5.74) is 0.814. The van der Waals surface area contributed by atoms with Gasteiger partial charge in [-0.3, -0.25) is 9.63 Å². The molecule has 0 aliphatic rings. The van der Waals surface area contributed by atoms with Crippen LogP contribution in [-0.4, -0.2) is 69.3 Å². The molecule has 0 fully saturated rings. The number of amides is 1. The number of carbonyl (C=O) groups excluding carboxylic acids is 1. The van der Waals surface area contributed by atoms with Crippen LogP contribution in [0.3, 0.4) is 0 Å². The normalized spacial score (nSPS) is 16.8. The van der Waals surface area contributed by atoms with Gasteiger partial charge in [0.25, 0.3) is 5.85 Å². The third kappa shape index (κ3) is 7.00. The van der Waals surface area contributed by atoms with Gasteiger partial charge < -0.3 is 20.4 Å². The van der Waals surface area contributed by atoms with Crippen LogP contribution in [0.25, 0.3) is 0 Å². The molecule has 0 heterocycles. The zero-order valence-corrected chi connectivity index (χ0v) is 14.2. The molecular weight excluding hydrogens is 337 g/mol. The fraction of sp³-hybridized carbons (Fsp3) is 0.533. The number of nitrogens with zero attached hydrogens (tertiary/aromatic N) is 1. The van der Waals surface area contributed by atoms with Crippen molar-refractivity contribution in [2.45, 2.75) is 37.2 Å². The van der Waals surface area contributed by atoms with Crippen molar-refractivity contribution in [2.75, 3.05) is 13.2 Å². The van der Waals surface area contributed by atoms with Crippen LogP contribution in [0.1, 0.15) is 12.0 Å². The minimum absolute atomic E-state index is 0.0972. The topological polar surface area (TPSA) is 128 Å². The van der Waals surface area contributed by atoms with Crippen molar-refractivity contribution in [1.82, 2.24) is 5.06 Å². The van der Waals surface area contributed by atoms with E-state index >= 15 is 0 Å². The number of hydrogen-bond acceptors (Lipinski definition) is 7. The highest BCUT2D eigenvalue weighted by Gasteiger charge is 2.32. The zero-order valence-electron chi connectivity index (χ0n) is 13.3. The molecule has 0 bridgehead atoms. The monoisotopic (exact) mass is 360 g/mol. The Labute approximate surface area is 141 Å². The van der Waals surface area contributed by atoms with Crippen LogP contribution in [0.15, 0.2) is 30.3 Å². The quantitative estimate of drug-likeness (QED) is 0.245. The molecule has 0 aliphatic heterocycles. The molecular formula is C15H23NO7P+. The molecule has 134 valence electrons. The fourth-order valence-corrected chi connectivity index (χ4v) is 2.42. The first-order chi connectivity index (χ1) is 11.3. The van der Waals surface area contributed by atoms with Crippen molar-refractivity contribution < 1.29 is 34.6 Å². The van der Waals surface area contributed by atoms with Gasteiger partial charge in [-0.1, -0.05) is 34.9 Å². The lowest BCUT2D eigenvalue weighted by Crippen LogP contribution is -2.45. The molecule has 5 atom stereocenters. The summed E-state index contributed by atoms with van der Waals surface area (Å²) in [7, 11) is -1.93. The van der Waals surface area contributed by atoms with Gasteiger partial charge >= 0.3 is 7.80 Å². The van der Waals surface area contributed by atoms with Gasteiger partial charge in [0.2, 0.25) is 6.41 Å². The molecule has 1 aromatic rings. The van der Waals surface area contributed by atoms with Crippen molar-refractivity contribution in [1.29, 1.82) is 0 Å². The van der Waals surface area contributed by atoms with E-state index in [9.17, 15) is 29.8 Å². The molecule has 24 heavy (non-hydrogen) atoms. The second kappa shape index (κ2) is 10.5. The number of benzene rings is 1. The summed E-state index contributed by atoms with van der Waals surface area (Å²) in [5, 5.41) is 39.7. The highest BCUT2D eigenvalue weighted by atomic mass is 31.1. The molecule has 0 aromatic heterocycles. The molecule has 0 spiro atoms. The van der Waals surface area contributed by atoms with Crippen LogP contribution in [-0.2, 0) is 20.8 Å². The van der Waals surface area contributed by atoms with E-state index in [4.69, 9.17) is 4.84 Å². The number of hydroxylamine groups is 2. The first-order valence-electron chi connectivity index (χ1n) is 7.36. The standard InChI is InChI=1S/C15H23NO7P/c1-24(22)14(20)7-12(18)15(21)13(19)8-16(10-17)23-9-11-5-3-2-4-6-11/h2-6,10,12-15,18-21H,7-9H2,1H3/q+1/t12-,13+,14?,15-/m1/s1. The SMILES string of the molecule is C[P+](=O)C(O)C[C@@H](O)[C@@H](O)[C@@H](O)CN(C=O)OCc1ccccc1. The molecule has 8 nitrogen and oxygen atoms in total. The Morgan fingerprint density at radius 2 is 1.79 bits per heavy atom. The van der Waals surface area contributed by atoms with Gasteiger partial charge in [-0.05, 0) is 5.56 Å². The van der Waals surface area contributed by atoms with E-state index in [1.165, 1.54) is 6.66 Å². The highest BCUT2D eigenvalue weighted by Crippen LogP contribution is 2.25. The molecule has 0 saturated heterocycles. The summed E-state index contributed by atoms with van der Waals surface area (Å²) in [6.07, 6.45) is -4.62. The third-order valence-electron chi connectivity index (χ3n) is 3.38. The second-order valence-corrected chi connectivity index (χ2v) is 7.04. The smallest absolute Gasteiger partial charge is 0.366 e. The average molecular weight is 360 g/mol. The highest BCUT2D eigenvalue weighted by molar-refractivity contribution is 7.44. The Morgan fingerprint density at radius 3 is 2.33 bits per heavy atom. The molecule has 1 aromatic carbocycles. The second-order valence-electron chi connectivity index (χ2n) is 5.35. The van der Waals surface area contributed by atoms with E-state index in [2.05, 4.69) is 0 Å². The molecule has 2 unspecified atom stereocenters. The van der Waals surface area contributed by atoms with Crippen LogP contribution < -0.4 is 0 Å². The molecule has 1 rings (SSSR count). The zero-order chi connectivity index (χ0) is 18.1. The molecule has 1 amide bonds. The first-order valence-corrected chi connectivity index (χ1v) is 9.13. The third-order valence-corrected chi connectivity index (χ3v) is 4.44. The predicted octanol–water partition coefficient (Wildman–Crippen LogP) is -0.175. The summed E-state index contributed by atoms with van der Waals surface area (Å²) < 4.78 is 11.1. The number of hydrogen-bond donors (Lipinski definition) is 4. The number of carbonyl (C=O) groups is 1. The fourth-order valence-electron chi connectivity index (χ4n) is 1.91. The van der Waals surface area contributed by atoms with Crippen molar-refractivity contribution in [2.24, 2.45) is 0 Å². The lowest BCUT2D eigenvalue weighted by molar-refractivity contribution is -0.192. The van der Waals surface area contributed by atoms with Gasteiger partial charge in [0.1, 0.15) is 25.5 Å². The van der Waals surface area contributed by atoms with E-state index in [1.54, 1.807) is 12.1 Å². The summed E-state index contributed by atoms with van der Waals surface area (Å²) in [6, 6.07) is 9.04. The van der Waals surface area contributed by atoms with Crippen molar-refractivity contribution in [3.8, 4) is 0 Å². The Balaban J connectivity index is 2.48. The minimum Gasteiger partial charge on any atom is -0.390 e. The largest absolute Gasteiger partial charge is 0.390 e.